The van der Waals surface area contributed by atoms with E-state index in [1.165, 1.54) is 18.2 Å². The minimum absolute atomic E-state index is 0.0771. The number of carbonyl (C=O) groups is 2. The summed E-state index contributed by atoms with van der Waals surface area (Å²) in [5.41, 5.74) is -0.258. The zero-order valence-corrected chi connectivity index (χ0v) is 9.43. The largest absolute Gasteiger partial charge is 0.507 e. The monoisotopic (exact) mass is 245 g/mol. The number of carbonyl (C=O) groups excluding carboxylic acids is 2. The molecule has 0 aromatic heterocycles. The fourth-order valence-corrected chi connectivity index (χ4v) is 1.78. The molecule has 0 radical (unpaired) electrons. The maximum Gasteiger partial charge on any atom is 0.213 e. The molecule has 1 aliphatic rings. The highest BCUT2D eigenvalue weighted by Crippen LogP contribution is 2.33. The van der Waals surface area contributed by atoms with Crippen molar-refractivity contribution in [2.45, 2.75) is 0 Å². The van der Waals surface area contributed by atoms with Crippen LogP contribution in [0.4, 0.5) is 0 Å². The molecular weight excluding hydrogens is 234 g/mol. The summed E-state index contributed by atoms with van der Waals surface area (Å²) in [5, 5.41) is 22.0. The quantitative estimate of drug-likeness (QED) is 0.549. The molecule has 0 bridgehead atoms. The van der Waals surface area contributed by atoms with Crippen molar-refractivity contribution in [3.8, 4) is 11.5 Å². The van der Waals surface area contributed by atoms with E-state index in [2.05, 4.69) is 11.9 Å². The number of phenolic OH excluding ortho intramolecular Hbond substituents is 2. The van der Waals surface area contributed by atoms with Crippen LogP contribution in [-0.2, 0) is 0 Å². The molecule has 92 valence electrons. The Morgan fingerprint density at radius 3 is 2.39 bits per heavy atom. The Balaban J connectivity index is 2.54. The van der Waals surface area contributed by atoms with Crippen molar-refractivity contribution in [2.24, 2.45) is 0 Å². The smallest absolute Gasteiger partial charge is 0.213 e. The Kier molecular flexibility index (Phi) is 2.89. The Bertz CT molecular complexity index is 587. The lowest BCUT2D eigenvalue weighted by Crippen LogP contribution is -2.27. The second-order valence-electron chi connectivity index (χ2n) is 3.77. The summed E-state index contributed by atoms with van der Waals surface area (Å²) < 4.78 is 0. The first-order valence-electron chi connectivity index (χ1n) is 5.26. The van der Waals surface area contributed by atoms with Gasteiger partial charge in [-0.1, -0.05) is 6.08 Å². The van der Waals surface area contributed by atoms with Gasteiger partial charge in [0.05, 0.1) is 16.8 Å². The van der Waals surface area contributed by atoms with Gasteiger partial charge in [-0.15, -0.1) is 6.58 Å². The fourth-order valence-electron chi connectivity index (χ4n) is 1.78. The summed E-state index contributed by atoms with van der Waals surface area (Å²) >= 11 is 0. The van der Waals surface area contributed by atoms with E-state index in [0.29, 0.717) is 6.54 Å². The lowest BCUT2D eigenvalue weighted by molar-refractivity contribution is 0.0974. The van der Waals surface area contributed by atoms with Crippen LogP contribution in [-0.4, -0.2) is 28.3 Å². The van der Waals surface area contributed by atoms with Crippen LogP contribution in [0.3, 0.4) is 0 Å². The maximum atomic E-state index is 12.1. The summed E-state index contributed by atoms with van der Waals surface area (Å²) in [6.45, 7) is 3.81. The highest BCUT2D eigenvalue weighted by molar-refractivity contribution is 6.26. The van der Waals surface area contributed by atoms with E-state index in [1.807, 2.05) is 0 Å². The van der Waals surface area contributed by atoms with Gasteiger partial charge in [0.25, 0.3) is 0 Å². The topological polar surface area (TPSA) is 86.6 Å². The lowest BCUT2D eigenvalue weighted by Gasteiger charge is -2.17. The van der Waals surface area contributed by atoms with Gasteiger partial charge in [0, 0.05) is 12.6 Å². The molecule has 0 atom stereocenters. The highest BCUT2D eigenvalue weighted by atomic mass is 16.3. The second kappa shape index (κ2) is 4.37. The van der Waals surface area contributed by atoms with Crippen LogP contribution in [0.2, 0.25) is 0 Å². The number of aromatic hydroxyl groups is 2. The van der Waals surface area contributed by atoms with Crippen molar-refractivity contribution in [2.75, 3.05) is 6.54 Å². The Morgan fingerprint density at radius 1 is 1.17 bits per heavy atom. The average Bonchev–Trinajstić information content (AvgIpc) is 2.34. The molecule has 2 rings (SSSR count). The van der Waals surface area contributed by atoms with Crippen LogP contribution in [0.25, 0.3) is 0 Å². The summed E-state index contributed by atoms with van der Waals surface area (Å²) in [6.07, 6.45) is 2.64. The summed E-state index contributed by atoms with van der Waals surface area (Å²) in [4.78, 5) is 23.9. The molecule has 5 heteroatoms. The molecule has 0 spiro atoms. The molecule has 5 nitrogen and oxygen atoms in total. The van der Waals surface area contributed by atoms with Crippen LogP contribution in [0.5, 0.6) is 11.5 Å². The van der Waals surface area contributed by atoms with E-state index in [4.69, 9.17) is 0 Å². The molecule has 0 saturated heterocycles. The predicted octanol–water partition coefficient (Wildman–Crippen LogP) is 1.14. The van der Waals surface area contributed by atoms with E-state index in [0.717, 1.165) is 6.08 Å². The molecule has 0 heterocycles. The Hall–Kier alpha value is -2.56. The SMILES string of the molecule is C=CCNC1=CC(=O)c2c(O)ccc(O)c2C1=O. The van der Waals surface area contributed by atoms with Crippen LogP contribution in [0.1, 0.15) is 20.7 Å². The lowest BCUT2D eigenvalue weighted by atomic mass is 9.91. The fraction of sp³-hybridized carbons (Fsp3) is 0.0769. The molecular formula is C13H11NO4. The molecule has 1 aromatic rings. The molecule has 1 aliphatic carbocycles. The van der Waals surface area contributed by atoms with Gasteiger partial charge in [-0.3, -0.25) is 9.59 Å². The molecule has 0 saturated carbocycles. The molecule has 3 N–H and O–H groups in total. The number of hydrogen-bond acceptors (Lipinski definition) is 5. The van der Waals surface area contributed by atoms with Gasteiger partial charge in [-0.05, 0) is 12.1 Å². The summed E-state index contributed by atoms with van der Waals surface area (Å²) in [7, 11) is 0. The van der Waals surface area contributed by atoms with Gasteiger partial charge < -0.3 is 15.5 Å². The standard InChI is InChI=1S/C13H11NO4/c1-2-5-14-7-6-10(17)11-8(15)3-4-9(16)12(11)13(7)18/h2-4,6,14-16H,1,5H2. The van der Waals surface area contributed by atoms with Crippen LogP contribution in [0.15, 0.2) is 36.6 Å². The number of Topliss-reactive ketones (excluding diaryl/α,β-unsaturated/α-hetero) is 1. The molecule has 0 aliphatic heterocycles. The third-order valence-corrected chi connectivity index (χ3v) is 2.59. The third-order valence-electron chi connectivity index (χ3n) is 2.59. The van der Waals surface area contributed by atoms with E-state index >= 15 is 0 Å². The summed E-state index contributed by atoms with van der Waals surface area (Å²) in [5.74, 6) is -1.70. The van der Waals surface area contributed by atoms with Crippen molar-refractivity contribution < 1.29 is 19.8 Å². The number of nitrogens with one attached hydrogen (secondary N) is 1. The summed E-state index contributed by atoms with van der Waals surface area (Å²) in [6, 6.07) is 2.35. The number of allylic oxidation sites excluding steroid dienone is 2. The zero-order chi connectivity index (χ0) is 13.3. The first kappa shape index (κ1) is 11.9. The maximum absolute atomic E-state index is 12.1. The number of benzene rings is 1. The molecule has 1 aromatic carbocycles. The van der Waals surface area contributed by atoms with Crippen molar-refractivity contribution in [1.29, 1.82) is 0 Å². The zero-order valence-electron chi connectivity index (χ0n) is 9.43. The van der Waals surface area contributed by atoms with E-state index in [1.54, 1.807) is 0 Å². The average molecular weight is 245 g/mol. The van der Waals surface area contributed by atoms with E-state index < -0.39 is 11.6 Å². The molecule has 0 unspecified atom stereocenters. The van der Waals surface area contributed by atoms with Gasteiger partial charge in [0.15, 0.2) is 5.78 Å². The van der Waals surface area contributed by atoms with Crippen LogP contribution >= 0.6 is 0 Å². The number of rotatable bonds is 3. The first-order chi connectivity index (χ1) is 8.56. The van der Waals surface area contributed by atoms with E-state index in [-0.39, 0.29) is 28.3 Å². The minimum Gasteiger partial charge on any atom is -0.507 e. The Morgan fingerprint density at radius 2 is 1.78 bits per heavy atom. The molecule has 0 fully saturated rings. The van der Waals surface area contributed by atoms with Crippen molar-refractivity contribution in [3.63, 3.8) is 0 Å². The molecule has 0 amide bonds. The van der Waals surface area contributed by atoms with Gasteiger partial charge in [-0.25, -0.2) is 0 Å². The van der Waals surface area contributed by atoms with Gasteiger partial charge in [0.2, 0.25) is 5.78 Å². The predicted molar refractivity (Wildman–Crippen MR) is 64.7 cm³/mol. The first-order valence-corrected chi connectivity index (χ1v) is 5.26. The van der Waals surface area contributed by atoms with Crippen molar-refractivity contribution in [1.82, 2.24) is 5.32 Å². The number of hydrogen-bond donors (Lipinski definition) is 3. The van der Waals surface area contributed by atoms with Crippen molar-refractivity contribution in [3.05, 3.63) is 47.7 Å². The van der Waals surface area contributed by atoms with Crippen LogP contribution in [0, 0.1) is 0 Å². The normalized spacial score (nSPS) is 13.9. The highest BCUT2D eigenvalue weighted by Gasteiger charge is 2.30. The van der Waals surface area contributed by atoms with Gasteiger partial charge in [0.1, 0.15) is 11.5 Å². The molecule has 18 heavy (non-hydrogen) atoms. The van der Waals surface area contributed by atoms with Crippen molar-refractivity contribution >= 4 is 11.6 Å². The van der Waals surface area contributed by atoms with E-state index in [9.17, 15) is 19.8 Å². The third kappa shape index (κ3) is 1.75. The Labute approximate surface area is 103 Å². The van der Waals surface area contributed by atoms with Gasteiger partial charge in [-0.2, -0.15) is 0 Å². The number of ketones is 2. The number of fused-ring (bicyclic) bond motifs is 1. The second-order valence-corrected chi connectivity index (χ2v) is 3.77. The van der Waals surface area contributed by atoms with Crippen LogP contribution < -0.4 is 5.32 Å². The minimum atomic E-state index is -0.528. The number of phenols is 2. The van der Waals surface area contributed by atoms with Gasteiger partial charge >= 0.3 is 0 Å².